The zero-order valence-electron chi connectivity index (χ0n) is 10.6. The maximum atomic E-state index is 6.12. The van der Waals surface area contributed by atoms with Crippen LogP contribution in [-0.2, 0) is 6.54 Å². The molecule has 0 bridgehead atoms. The second-order valence-electron chi connectivity index (χ2n) is 4.92. The minimum atomic E-state index is 0.241. The average Bonchev–Trinajstić information content (AvgIpc) is 2.57. The van der Waals surface area contributed by atoms with E-state index in [-0.39, 0.29) is 6.04 Å². The molecule has 3 nitrogen and oxygen atoms in total. The summed E-state index contributed by atoms with van der Waals surface area (Å²) in [5, 5.41) is 1.18. The highest BCUT2D eigenvalue weighted by molar-refractivity contribution is 6.35. The predicted octanol–water partition coefficient (Wildman–Crippen LogP) is 2.78. The maximum Gasteiger partial charge on any atom is 0.142 e. The van der Waals surface area contributed by atoms with Gasteiger partial charge >= 0.3 is 0 Å². The Morgan fingerprint density at radius 1 is 1.39 bits per heavy atom. The van der Waals surface area contributed by atoms with Crippen molar-refractivity contribution in [1.29, 1.82) is 0 Å². The van der Waals surface area contributed by atoms with Crippen LogP contribution in [0.5, 0.6) is 5.75 Å². The van der Waals surface area contributed by atoms with Crippen LogP contribution < -0.4 is 10.5 Å². The van der Waals surface area contributed by atoms with Crippen molar-refractivity contribution in [2.45, 2.75) is 19.5 Å². The van der Waals surface area contributed by atoms with Gasteiger partial charge in [-0.1, -0.05) is 30.1 Å². The van der Waals surface area contributed by atoms with Crippen LogP contribution in [0.2, 0.25) is 10.0 Å². The summed E-state index contributed by atoms with van der Waals surface area (Å²) in [7, 11) is 1.62. The van der Waals surface area contributed by atoms with Crippen LogP contribution in [-0.4, -0.2) is 31.1 Å². The number of methoxy groups -OCH3 is 1. The molecule has 0 aliphatic carbocycles. The number of halogens is 2. The van der Waals surface area contributed by atoms with E-state index in [9.17, 15) is 0 Å². The van der Waals surface area contributed by atoms with Crippen molar-refractivity contribution >= 4 is 23.2 Å². The van der Waals surface area contributed by atoms with Gasteiger partial charge in [0.25, 0.3) is 0 Å². The number of rotatable bonds is 3. The van der Waals surface area contributed by atoms with Crippen molar-refractivity contribution in [1.82, 2.24) is 4.90 Å². The summed E-state index contributed by atoms with van der Waals surface area (Å²) >= 11 is 12.2. The minimum absolute atomic E-state index is 0.241. The molecule has 5 heteroatoms. The van der Waals surface area contributed by atoms with Crippen LogP contribution in [0.3, 0.4) is 0 Å². The molecule has 0 saturated carbocycles. The molecule has 1 aliphatic heterocycles. The molecule has 1 aromatic carbocycles. The lowest BCUT2D eigenvalue weighted by Crippen LogP contribution is -2.28. The van der Waals surface area contributed by atoms with Gasteiger partial charge in [-0.3, -0.25) is 4.90 Å². The predicted molar refractivity (Wildman–Crippen MR) is 75.4 cm³/mol. The summed E-state index contributed by atoms with van der Waals surface area (Å²) in [6.45, 7) is 4.83. The van der Waals surface area contributed by atoms with Crippen LogP contribution in [0.25, 0.3) is 0 Å². The lowest BCUT2D eigenvalue weighted by molar-refractivity contribution is 0.310. The van der Waals surface area contributed by atoms with Gasteiger partial charge in [0.15, 0.2) is 0 Å². The lowest BCUT2D eigenvalue weighted by atomic mass is 10.1. The van der Waals surface area contributed by atoms with E-state index in [2.05, 4.69) is 11.8 Å². The standard InChI is InChI=1S/C13H18Cl2N2O/c1-8-5-17(7-12(8)16)6-9-3-10(14)4-11(15)13(9)18-2/h3-4,8,12H,5-7,16H2,1-2H3. The Kier molecular flexibility index (Phi) is 4.38. The van der Waals surface area contributed by atoms with Crippen molar-refractivity contribution in [3.8, 4) is 5.75 Å². The fourth-order valence-corrected chi connectivity index (χ4v) is 3.04. The molecule has 100 valence electrons. The van der Waals surface area contributed by atoms with Crippen molar-refractivity contribution in [2.75, 3.05) is 20.2 Å². The fourth-order valence-electron chi connectivity index (χ4n) is 2.42. The second-order valence-corrected chi connectivity index (χ2v) is 5.76. The molecule has 18 heavy (non-hydrogen) atoms. The molecule has 0 amide bonds. The molecule has 2 atom stereocenters. The van der Waals surface area contributed by atoms with Gasteiger partial charge in [-0.2, -0.15) is 0 Å². The zero-order chi connectivity index (χ0) is 13.3. The third-order valence-electron chi connectivity index (χ3n) is 3.43. The van der Waals surface area contributed by atoms with Gasteiger partial charge in [-0.15, -0.1) is 0 Å². The molecular formula is C13H18Cl2N2O. The smallest absolute Gasteiger partial charge is 0.142 e. The van der Waals surface area contributed by atoms with E-state index in [1.54, 1.807) is 13.2 Å². The van der Waals surface area contributed by atoms with Gasteiger partial charge in [0.2, 0.25) is 0 Å². The van der Waals surface area contributed by atoms with Gasteiger partial charge in [0.1, 0.15) is 5.75 Å². The molecule has 0 radical (unpaired) electrons. The topological polar surface area (TPSA) is 38.5 Å². The van der Waals surface area contributed by atoms with E-state index >= 15 is 0 Å². The summed E-state index contributed by atoms with van der Waals surface area (Å²) in [6.07, 6.45) is 0. The van der Waals surface area contributed by atoms with E-state index in [1.165, 1.54) is 0 Å². The van der Waals surface area contributed by atoms with Gasteiger partial charge in [-0.25, -0.2) is 0 Å². The number of hydrogen-bond acceptors (Lipinski definition) is 3. The first-order valence-corrected chi connectivity index (χ1v) is 6.76. The summed E-state index contributed by atoms with van der Waals surface area (Å²) in [6, 6.07) is 3.84. The highest BCUT2D eigenvalue weighted by Gasteiger charge is 2.27. The van der Waals surface area contributed by atoms with Gasteiger partial charge < -0.3 is 10.5 Å². The van der Waals surface area contributed by atoms with E-state index < -0.39 is 0 Å². The van der Waals surface area contributed by atoms with Crippen LogP contribution in [0, 0.1) is 5.92 Å². The SMILES string of the molecule is COc1c(Cl)cc(Cl)cc1CN1CC(C)C(N)C1. The van der Waals surface area contributed by atoms with Crippen molar-refractivity contribution in [3.05, 3.63) is 27.7 Å². The van der Waals surface area contributed by atoms with E-state index in [0.29, 0.717) is 21.7 Å². The highest BCUT2D eigenvalue weighted by atomic mass is 35.5. The zero-order valence-corrected chi connectivity index (χ0v) is 12.1. The Balaban J connectivity index is 2.19. The fraction of sp³-hybridized carbons (Fsp3) is 0.538. The largest absolute Gasteiger partial charge is 0.495 e. The van der Waals surface area contributed by atoms with Gasteiger partial charge in [0, 0.05) is 36.3 Å². The number of nitrogens with zero attached hydrogens (tertiary/aromatic N) is 1. The Morgan fingerprint density at radius 2 is 2.11 bits per heavy atom. The van der Waals surface area contributed by atoms with Crippen molar-refractivity contribution in [2.24, 2.45) is 11.7 Å². The van der Waals surface area contributed by atoms with Crippen LogP contribution >= 0.6 is 23.2 Å². The second kappa shape index (κ2) is 5.66. The molecule has 1 saturated heterocycles. The van der Waals surface area contributed by atoms with E-state index in [0.717, 1.165) is 25.2 Å². The average molecular weight is 289 g/mol. The molecule has 1 fully saturated rings. The minimum Gasteiger partial charge on any atom is -0.495 e. The normalized spacial score (nSPS) is 24.5. The third kappa shape index (κ3) is 2.91. The van der Waals surface area contributed by atoms with Gasteiger partial charge in [-0.05, 0) is 18.1 Å². The monoisotopic (exact) mass is 288 g/mol. The third-order valence-corrected chi connectivity index (χ3v) is 3.93. The van der Waals surface area contributed by atoms with Gasteiger partial charge in [0.05, 0.1) is 12.1 Å². The molecule has 2 unspecified atom stereocenters. The number of benzene rings is 1. The number of likely N-dealkylation sites (tertiary alicyclic amines) is 1. The Morgan fingerprint density at radius 3 is 2.67 bits per heavy atom. The number of ether oxygens (including phenoxy) is 1. The molecule has 1 aliphatic rings. The summed E-state index contributed by atoms with van der Waals surface area (Å²) < 4.78 is 5.35. The van der Waals surface area contributed by atoms with Crippen LogP contribution in [0.4, 0.5) is 0 Å². The van der Waals surface area contributed by atoms with E-state index in [4.69, 9.17) is 33.7 Å². The Bertz CT molecular complexity index is 429. The highest BCUT2D eigenvalue weighted by Crippen LogP contribution is 2.33. The van der Waals surface area contributed by atoms with Crippen LogP contribution in [0.1, 0.15) is 12.5 Å². The summed E-state index contributed by atoms with van der Waals surface area (Å²) in [5.74, 6) is 1.22. The molecule has 0 aromatic heterocycles. The first-order valence-electron chi connectivity index (χ1n) is 6.01. The summed E-state index contributed by atoms with van der Waals surface area (Å²) in [4.78, 5) is 2.31. The maximum absolute atomic E-state index is 6.12. The van der Waals surface area contributed by atoms with Crippen LogP contribution in [0.15, 0.2) is 12.1 Å². The van der Waals surface area contributed by atoms with Crippen molar-refractivity contribution < 1.29 is 4.74 Å². The lowest BCUT2D eigenvalue weighted by Gasteiger charge is -2.18. The Labute approximate surface area is 118 Å². The Hall–Kier alpha value is -0.480. The quantitative estimate of drug-likeness (QED) is 0.930. The van der Waals surface area contributed by atoms with Crippen molar-refractivity contribution in [3.63, 3.8) is 0 Å². The molecular weight excluding hydrogens is 271 g/mol. The molecule has 1 heterocycles. The number of nitrogens with two attached hydrogens (primary N) is 1. The molecule has 0 spiro atoms. The number of hydrogen-bond donors (Lipinski definition) is 1. The molecule has 2 N–H and O–H groups in total. The molecule has 2 rings (SSSR count). The summed E-state index contributed by atoms with van der Waals surface area (Å²) in [5.41, 5.74) is 7.04. The van der Waals surface area contributed by atoms with E-state index in [1.807, 2.05) is 6.07 Å². The molecule has 1 aromatic rings. The first kappa shape index (κ1) is 13.9. The first-order chi connectivity index (χ1) is 8.51.